The van der Waals surface area contributed by atoms with Gasteiger partial charge in [-0.25, -0.2) is 15.0 Å². The number of hydrogen-bond donors (Lipinski definition) is 2. The second-order valence-electron chi connectivity index (χ2n) is 10.7. The lowest BCUT2D eigenvalue weighted by Gasteiger charge is -2.28. The van der Waals surface area contributed by atoms with E-state index in [2.05, 4.69) is 94.8 Å². The van der Waals surface area contributed by atoms with Gasteiger partial charge in [0.05, 0.1) is 5.69 Å². The Balaban J connectivity index is 1.23. The van der Waals surface area contributed by atoms with E-state index in [1.165, 1.54) is 22.8 Å². The molecule has 1 fully saturated rings. The summed E-state index contributed by atoms with van der Waals surface area (Å²) >= 11 is 0. The molecule has 7 heteroatoms. The summed E-state index contributed by atoms with van der Waals surface area (Å²) in [7, 11) is 0. The molecule has 7 nitrogen and oxygen atoms in total. The number of nitrogens with one attached hydrogen (secondary N) is 2. The predicted octanol–water partition coefficient (Wildman–Crippen LogP) is 6.09. The van der Waals surface area contributed by atoms with Gasteiger partial charge in [-0.2, -0.15) is 0 Å². The van der Waals surface area contributed by atoms with E-state index in [0.717, 1.165) is 41.8 Å². The van der Waals surface area contributed by atoms with E-state index in [1.54, 1.807) is 0 Å². The summed E-state index contributed by atoms with van der Waals surface area (Å²) < 4.78 is 2.03. The van der Waals surface area contributed by atoms with Crippen LogP contribution in [-0.4, -0.2) is 49.4 Å². The topological polar surface area (TPSA) is 70.4 Å². The highest BCUT2D eigenvalue weighted by molar-refractivity contribution is 5.85. The number of rotatable bonds is 8. The fourth-order valence-electron chi connectivity index (χ4n) is 5.74. The molecule has 194 valence electrons. The summed E-state index contributed by atoms with van der Waals surface area (Å²) in [5.74, 6) is 2.36. The van der Waals surface area contributed by atoms with Crippen molar-refractivity contribution in [2.45, 2.75) is 45.8 Å². The van der Waals surface area contributed by atoms with Crippen LogP contribution in [0.25, 0.3) is 27.7 Å². The van der Waals surface area contributed by atoms with Gasteiger partial charge in [-0.1, -0.05) is 49.4 Å². The minimum atomic E-state index is 0.500. The van der Waals surface area contributed by atoms with Gasteiger partial charge < -0.3 is 10.6 Å². The molecule has 4 heterocycles. The molecule has 0 radical (unpaired) electrons. The van der Waals surface area contributed by atoms with E-state index in [0.29, 0.717) is 24.5 Å². The average Bonchev–Trinajstić information content (AvgIpc) is 3.57. The number of fused-ring (bicyclic) bond motifs is 2. The quantitative estimate of drug-likeness (QED) is 0.266. The van der Waals surface area contributed by atoms with Crippen LogP contribution in [0, 0.1) is 5.92 Å². The second kappa shape index (κ2) is 10.4. The molecule has 0 spiro atoms. The molecule has 2 atom stereocenters. The van der Waals surface area contributed by atoms with Crippen molar-refractivity contribution < 1.29 is 0 Å². The summed E-state index contributed by atoms with van der Waals surface area (Å²) in [6, 6.07) is 22.0. The normalized spacial score (nSPS) is 18.0. The van der Waals surface area contributed by atoms with Crippen LogP contribution in [0.2, 0.25) is 0 Å². The molecule has 0 aliphatic carbocycles. The first-order valence-corrected chi connectivity index (χ1v) is 13.6. The zero-order chi connectivity index (χ0) is 26.1. The Morgan fingerprint density at radius 3 is 2.74 bits per heavy atom. The zero-order valence-electron chi connectivity index (χ0n) is 22.3. The first-order valence-electron chi connectivity index (χ1n) is 13.6. The van der Waals surface area contributed by atoms with Crippen LogP contribution >= 0.6 is 0 Å². The third kappa shape index (κ3) is 4.94. The Bertz CT molecular complexity index is 1550. The van der Waals surface area contributed by atoms with Crippen molar-refractivity contribution in [1.82, 2.24) is 24.3 Å². The fourth-order valence-corrected chi connectivity index (χ4v) is 5.74. The Kier molecular flexibility index (Phi) is 6.68. The SMILES string of the molecule is CC1CC(CNc2nc(-c3ccnc(NCc4cccc5ccccc45)c3)cc3nccn23)N(C(C)C)C1. The number of nitrogens with zero attached hydrogens (tertiary/aromatic N) is 5. The minimum Gasteiger partial charge on any atom is -0.366 e. The largest absolute Gasteiger partial charge is 0.366 e. The molecule has 3 aromatic heterocycles. The second-order valence-corrected chi connectivity index (χ2v) is 10.7. The van der Waals surface area contributed by atoms with Crippen LogP contribution in [0.5, 0.6) is 0 Å². The molecule has 1 aliphatic rings. The molecule has 2 unspecified atom stereocenters. The van der Waals surface area contributed by atoms with E-state index in [1.807, 2.05) is 35.1 Å². The maximum Gasteiger partial charge on any atom is 0.209 e. The Morgan fingerprint density at radius 1 is 0.974 bits per heavy atom. The number of hydrogen-bond acceptors (Lipinski definition) is 6. The summed E-state index contributed by atoms with van der Waals surface area (Å²) in [6.45, 7) is 9.63. The van der Waals surface area contributed by atoms with Gasteiger partial charge >= 0.3 is 0 Å². The van der Waals surface area contributed by atoms with Crippen molar-refractivity contribution in [3.8, 4) is 11.3 Å². The van der Waals surface area contributed by atoms with E-state index in [9.17, 15) is 0 Å². The summed E-state index contributed by atoms with van der Waals surface area (Å²) in [6.07, 6.45) is 6.84. The van der Waals surface area contributed by atoms with Gasteiger partial charge in [0, 0.05) is 61.9 Å². The average molecular weight is 506 g/mol. The highest BCUT2D eigenvalue weighted by Gasteiger charge is 2.31. The monoisotopic (exact) mass is 505 g/mol. The highest BCUT2D eigenvalue weighted by atomic mass is 15.2. The van der Waals surface area contributed by atoms with Gasteiger partial charge in [0.1, 0.15) is 11.5 Å². The van der Waals surface area contributed by atoms with E-state index < -0.39 is 0 Å². The highest BCUT2D eigenvalue weighted by Crippen LogP contribution is 2.27. The van der Waals surface area contributed by atoms with E-state index >= 15 is 0 Å². The lowest BCUT2D eigenvalue weighted by Crippen LogP contribution is -2.39. The van der Waals surface area contributed by atoms with Gasteiger partial charge in [0.2, 0.25) is 5.95 Å². The number of aromatic nitrogens is 4. The van der Waals surface area contributed by atoms with Crippen LogP contribution in [0.4, 0.5) is 11.8 Å². The van der Waals surface area contributed by atoms with E-state index in [-0.39, 0.29) is 0 Å². The van der Waals surface area contributed by atoms with Crippen LogP contribution in [0.3, 0.4) is 0 Å². The molecule has 2 N–H and O–H groups in total. The molecular weight excluding hydrogens is 470 g/mol. The molecule has 0 amide bonds. The Labute approximate surface area is 224 Å². The van der Waals surface area contributed by atoms with Crippen LogP contribution in [-0.2, 0) is 6.54 Å². The molecular formula is C31H35N7. The minimum absolute atomic E-state index is 0.500. The number of imidazole rings is 1. The molecule has 6 rings (SSSR count). The van der Waals surface area contributed by atoms with Crippen molar-refractivity contribution >= 4 is 28.2 Å². The maximum absolute atomic E-state index is 5.03. The standard InChI is InChI=1S/C31H35N7/c1-21(2)38-20-22(3)15-26(38)19-35-31-36-28(17-30-33-13-14-37(30)31)24-11-12-32-29(16-24)34-18-25-9-6-8-23-7-4-5-10-27(23)25/h4-14,16-17,21-22,26H,15,18-20H2,1-3H3,(H,32,34)(H,35,36). The summed E-state index contributed by atoms with van der Waals surface area (Å²) in [5, 5.41) is 9.66. The van der Waals surface area contributed by atoms with Crippen molar-refractivity contribution in [2.24, 2.45) is 5.92 Å². The van der Waals surface area contributed by atoms with Crippen molar-refractivity contribution in [3.05, 3.63) is 84.8 Å². The first kappa shape index (κ1) is 24.4. The Hall–Kier alpha value is -3.97. The van der Waals surface area contributed by atoms with Gasteiger partial charge in [-0.05, 0) is 54.7 Å². The first-order chi connectivity index (χ1) is 18.5. The molecule has 1 aliphatic heterocycles. The molecule has 38 heavy (non-hydrogen) atoms. The third-order valence-electron chi connectivity index (χ3n) is 7.61. The van der Waals surface area contributed by atoms with Gasteiger partial charge in [-0.3, -0.25) is 9.30 Å². The van der Waals surface area contributed by atoms with Gasteiger partial charge in [0.25, 0.3) is 0 Å². The molecule has 0 saturated carbocycles. The van der Waals surface area contributed by atoms with Crippen molar-refractivity contribution in [1.29, 1.82) is 0 Å². The lowest BCUT2D eigenvalue weighted by atomic mass is 10.0. The predicted molar refractivity (Wildman–Crippen MR) is 155 cm³/mol. The van der Waals surface area contributed by atoms with Crippen LogP contribution in [0.15, 0.2) is 79.3 Å². The molecule has 1 saturated heterocycles. The number of pyridine rings is 1. The number of anilines is 2. The summed E-state index contributed by atoms with van der Waals surface area (Å²) in [4.78, 5) is 16.8. The van der Waals surface area contributed by atoms with E-state index in [4.69, 9.17) is 4.98 Å². The molecule has 5 aromatic rings. The van der Waals surface area contributed by atoms with Gasteiger partial charge in [0.15, 0.2) is 0 Å². The smallest absolute Gasteiger partial charge is 0.209 e. The summed E-state index contributed by atoms with van der Waals surface area (Å²) in [5.41, 5.74) is 4.00. The lowest BCUT2D eigenvalue weighted by molar-refractivity contribution is 0.208. The van der Waals surface area contributed by atoms with Crippen LogP contribution < -0.4 is 10.6 Å². The molecule has 2 aromatic carbocycles. The van der Waals surface area contributed by atoms with Crippen LogP contribution in [0.1, 0.15) is 32.8 Å². The van der Waals surface area contributed by atoms with Crippen molar-refractivity contribution in [3.63, 3.8) is 0 Å². The molecule has 0 bridgehead atoms. The Morgan fingerprint density at radius 2 is 1.84 bits per heavy atom. The number of benzene rings is 2. The fraction of sp³-hybridized carbons (Fsp3) is 0.323. The number of likely N-dealkylation sites (tertiary alicyclic amines) is 1. The van der Waals surface area contributed by atoms with Crippen molar-refractivity contribution in [2.75, 3.05) is 23.7 Å². The third-order valence-corrected chi connectivity index (χ3v) is 7.61. The maximum atomic E-state index is 5.03. The zero-order valence-corrected chi connectivity index (χ0v) is 22.3. The van der Waals surface area contributed by atoms with Gasteiger partial charge in [-0.15, -0.1) is 0 Å².